The second-order valence-corrected chi connectivity index (χ2v) is 6.52. The first-order chi connectivity index (χ1) is 7.24. The molecule has 0 fully saturated rings. The minimum atomic E-state index is -3.14. The Labute approximate surface area is 99.6 Å². The fourth-order valence-electron chi connectivity index (χ4n) is 0.984. The fourth-order valence-corrected chi connectivity index (χ4v) is 2.01. The number of sulfonamides is 1. The van der Waals surface area contributed by atoms with Crippen molar-refractivity contribution in [2.24, 2.45) is 0 Å². The summed E-state index contributed by atoms with van der Waals surface area (Å²) in [7, 11) is 0.715. The van der Waals surface area contributed by atoms with Crippen molar-refractivity contribution in [3.8, 4) is 0 Å². The summed E-state index contributed by atoms with van der Waals surface area (Å²) in [5.74, 6) is 0.130. The molecule has 6 heteroatoms. The van der Waals surface area contributed by atoms with Crippen molar-refractivity contribution in [1.82, 2.24) is 14.9 Å². The molecule has 0 saturated heterocycles. The Morgan fingerprint density at radius 2 is 1.75 bits per heavy atom. The second kappa shape index (κ2) is 7.21. The molecule has 2 N–H and O–H groups in total. The highest BCUT2D eigenvalue weighted by molar-refractivity contribution is 7.89. The summed E-state index contributed by atoms with van der Waals surface area (Å²) in [4.78, 5) is 1.98. The van der Waals surface area contributed by atoms with Crippen LogP contribution in [-0.2, 0) is 10.0 Å². The third kappa shape index (κ3) is 8.04. The molecule has 0 aromatic carbocycles. The van der Waals surface area contributed by atoms with E-state index in [1.54, 1.807) is 0 Å². The number of hydrogen-bond acceptors (Lipinski definition) is 4. The van der Waals surface area contributed by atoms with Crippen molar-refractivity contribution in [3.05, 3.63) is 0 Å². The molecule has 0 aromatic rings. The van der Waals surface area contributed by atoms with Crippen LogP contribution in [0.2, 0.25) is 0 Å². The van der Waals surface area contributed by atoms with Crippen molar-refractivity contribution in [2.45, 2.75) is 32.9 Å². The lowest BCUT2D eigenvalue weighted by atomic mass is 10.3. The third-order valence-corrected chi connectivity index (χ3v) is 3.75. The molecule has 0 aliphatic rings. The highest BCUT2D eigenvalue weighted by Crippen LogP contribution is 1.91. The van der Waals surface area contributed by atoms with E-state index in [1.165, 1.54) is 0 Å². The van der Waals surface area contributed by atoms with Crippen molar-refractivity contribution in [2.75, 3.05) is 32.9 Å². The van der Waals surface area contributed by atoms with E-state index in [9.17, 15) is 8.42 Å². The molecule has 16 heavy (non-hydrogen) atoms. The lowest BCUT2D eigenvalue weighted by Gasteiger charge is -2.20. The number of likely N-dealkylation sites (N-methyl/N-ethyl adjacent to an activating group) is 1. The molecule has 0 aromatic heterocycles. The van der Waals surface area contributed by atoms with Crippen molar-refractivity contribution in [3.63, 3.8) is 0 Å². The van der Waals surface area contributed by atoms with Gasteiger partial charge in [-0.3, -0.25) is 0 Å². The summed E-state index contributed by atoms with van der Waals surface area (Å²) in [6.07, 6.45) is 0. The molecule has 0 heterocycles. The smallest absolute Gasteiger partial charge is 0.212 e. The van der Waals surface area contributed by atoms with E-state index in [4.69, 9.17) is 0 Å². The summed E-state index contributed by atoms with van der Waals surface area (Å²) in [5, 5.41) is 3.08. The first kappa shape index (κ1) is 15.8. The van der Waals surface area contributed by atoms with Gasteiger partial charge >= 0.3 is 0 Å². The largest absolute Gasteiger partial charge is 0.313 e. The van der Waals surface area contributed by atoms with E-state index in [1.807, 2.05) is 39.8 Å². The minimum absolute atomic E-state index is 0.130. The minimum Gasteiger partial charge on any atom is -0.313 e. The van der Waals surface area contributed by atoms with E-state index in [-0.39, 0.29) is 11.8 Å². The zero-order valence-corrected chi connectivity index (χ0v) is 11.8. The Hall–Kier alpha value is -0.170. The lowest BCUT2D eigenvalue weighted by Crippen LogP contribution is -2.41. The monoisotopic (exact) mass is 251 g/mol. The highest BCUT2D eigenvalue weighted by Gasteiger charge is 2.12. The van der Waals surface area contributed by atoms with Gasteiger partial charge in [-0.15, -0.1) is 0 Å². The van der Waals surface area contributed by atoms with Crippen molar-refractivity contribution >= 4 is 10.0 Å². The molecule has 98 valence electrons. The Balaban J connectivity index is 3.88. The van der Waals surface area contributed by atoms with Gasteiger partial charge in [-0.25, -0.2) is 13.1 Å². The van der Waals surface area contributed by atoms with Crippen LogP contribution in [-0.4, -0.2) is 58.3 Å². The van der Waals surface area contributed by atoms with E-state index in [0.717, 1.165) is 0 Å². The Morgan fingerprint density at radius 1 is 1.19 bits per heavy atom. The Bertz CT molecular complexity index is 276. The van der Waals surface area contributed by atoms with Crippen LogP contribution in [0.15, 0.2) is 0 Å². The zero-order chi connectivity index (χ0) is 12.8. The number of hydrogen-bond donors (Lipinski definition) is 2. The number of nitrogens with zero attached hydrogens (tertiary/aromatic N) is 1. The van der Waals surface area contributed by atoms with Gasteiger partial charge in [0, 0.05) is 25.2 Å². The highest BCUT2D eigenvalue weighted by atomic mass is 32.2. The molecule has 0 aliphatic carbocycles. The summed E-state index contributed by atoms with van der Waals surface area (Å²) >= 11 is 0. The van der Waals surface area contributed by atoms with Crippen LogP contribution in [0.5, 0.6) is 0 Å². The van der Waals surface area contributed by atoms with Crippen LogP contribution in [0.4, 0.5) is 0 Å². The predicted octanol–water partition coefficient (Wildman–Crippen LogP) is -0.146. The molecule has 0 amide bonds. The molecule has 0 radical (unpaired) electrons. The second-order valence-electron chi connectivity index (χ2n) is 4.59. The van der Waals surface area contributed by atoms with Gasteiger partial charge in [0.1, 0.15) is 0 Å². The quantitative estimate of drug-likeness (QED) is 0.630. The topological polar surface area (TPSA) is 61.4 Å². The van der Waals surface area contributed by atoms with Crippen LogP contribution in [0.25, 0.3) is 0 Å². The summed E-state index contributed by atoms with van der Waals surface area (Å²) in [6.45, 7) is 6.91. The zero-order valence-electron chi connectivity index (χ0n) is 10.9. The molecular weight excluding hydrogens is 226 g/mol. The average molecular weight is 251 g/mol. The maximum atomic E-state index is 11.6. The van der Waals surface area contributed by atoms with Crippen LogP contribution >= 0.6 is 0 Å². The lowest BCUT2D eigenvalue weighted by molar-refractivity contribution is 0.314. The molecular formula is C10H25N3O2S. The van der Waals surface area contributed by atoms with Crippen LogP contribution in [0.1, 0.15) is 20.8 Å². The summed E-state index contributed by atoms with van der Waals surface area (Å²) in [5.41, 5.74) is 0. The maximum Gasteiger partial charge on any atom is 0.212 e. The Morgan fingerprint density at radius 3 is 2.19 bits per heavy atom. The number of nitrogens with one attached hydrogen (secondary N) is 2. The van der Waals surface area contributed by atoms with Gasteiger partial charge in [-0.1, -0.05) is 13.8 Å². The van der Waals surface area contributed by atoms with Crippen LogP contribution in [0, 0.1) is 0 Å². The van der Waals surface area contributed by atoms with Crippen LogP contribution in [0.3, 0.4) is 0 Å². The van der Waals surface area contributed by atoms with Gasteiger partial charge in [0.05, 0.1) is 5.75 Å². The summed E-state index contributed by atoms with van der Waals surface area (Å²) in [6, 6.07) is 0.517. The number of rotatable bonds is 8. The van der Waals surface area contributed by atoms with E-state index in [0.29, 0.717) is 19.1 Å². The van der Waals surface area contributed by atoms with Crippen molar-refractivity contribution in [1.29, 1.82) is 0 Å². The normalized spacial score (nSPS) is 14.7. The molecule has 0 saturated carbocycles. The van der Waals surface area contributed by atoms with E-state index >= 15 is 0 Å². The van der Waals surface area contributed by atoms with Gasteiger partial charge < -0.3 is 10.2 Å². The SMILES string of the molecule is CC(C)NCCS(=O)(=O)NCC(C)N(C)C. The molecule has 0 aliphatic heterocycles. The average Bonchev–Trinajstić information content (AvgIpc) is 2.13. The van der Waals surface area contributed by atoms with Gasteiger partial charge in [0.2, 0.25) is 10.0 Å². The van der Waals surface area contributed by atoms with Gasteiger partial charge in [0.15, 0.2) is 0 Å². The van der Waals surface area contributed by atoms with Gasteiger partial charge in [0.25, 0.3) is 0 Å². The molecule has 0 rings (SSSR count). The Kier molecular flexibility index (Phi) is 7.14. The molecule has 1 atom stereocenters. The van der Waals surface area contributed by atoms with Crippen molar-refractivity contribution < 1.29 is 8.42 Å². The standard InChI is InChI=1S/C10H25N3O2S/c1-9(2)11-6-7-16(14,15)12-8-10(3)13(4)5/h9-12H,6-8H2,1-5H3. The van der Waals surface area contributed by atoms with Crippen LogP contribution < -0.4 is 10.0 Å². The van der Waals surface area contributed by atoms with Gasteiger partial charge in [-0.2, -0.15) is 0 Å². The predicted molar refractivity (Wildman–Crippen MR) is 68.1 cm³/mol. The van der Waals surface area contributed by atoms with Gasteiger partial charge in [-0.05, 0) is 21.0 Å². The first-order valence-corrected chi connectivity index (χ1v) is 7.27. The third-order valence-electron chi connectivity index (χ3n) is 2.40. The molecule has 5 nitrogen and oxygen atoms in total. The summed E-state index contributed by atoms with van der Waals surface area (Å²) < 4.78 is 25.7. The fraction of sp³-hybridized carbons (Fsp3) is 1.00. The van der Waals surface area contributed by atoms with E-state index in [2.05, 4.69) is 10.0 Å². The molecule has 0 spiro atoms. The first-order valence-electron chi connectivity index (χ1n) is 5.61. The molecule has 1 unspecified atom stereocenters. The maximum absolute atomic E-state index is 11.6. The molecule has 0 bridgehead atoms. The van der Waals surface area contributed by atoms with E-state index < -0.39 is 10.0 Å².